The number of fused-ring (bicyclic) bond motifs is 1. The Morgan fingerprint density at radius 2 is 1.65 bits per heavy atom. The van der Waals surface area contributed by atoms with Crippen molar-refractivity contribution in [2.24, 2.45) is 16.9 Å². The lowest BCUT2D eigenvalue weighted by Crippen LogP contribution is -2.41. The summed E-state index contributed by atoms with van der Waals surface area (Å²) in [6.07, 6.45) is 4.82. The van der Waals surface area contributed by atoms with Gasteiger partial charge in [-0.05, 0) is 87.2 Å². The number of amides is 2. The number of hydrogen-bond donors (Lipinski definition) is 2. The zero-order chi connectivity index (χ0) is 30.6. The molecular weight excluding hydrogens is 558 g/mol. The Bertz CT molecular complexity index is 1640. The maximum absolute atomic E-state index is 15.6. The Hall–Kier alpha value is -4.77. The summed E-state index contributed by atoms with van der Waals surface area (Å²) >= 11 is 0. The first kappa shape index (κ1) is 29.7. The van der Waals surface area contributed by atoms with E-state index >= 15 is 4.39 Å². The first-order chi connectivity index (χ1) is 20.8. The molecule has 4 aromatic rings. The molecule has 0 atom stereocenters. The summed E-state index contributed by atoms with van der Waals surface area (Å²) in [4.78, 5) is 31.2. The first-order valence-corrected chi connectivity index (χ1v) is 13.9. The molecule has 1 aliphatic rings. The minimum atomic E-state index is -1.39. The average molecular weight is 591 g/mol. The highest BCUT2D eigenvalue weighted by molar-refractivity contribution is 6.16. The highest BCUT2D eigenvalue weighted by atomic mass is 19.1. The van der Waals surface area contributed by atoms with Crippen LogP contribution in [0.1, 0.15) is 32.1 Å². The molecule has 1 aromatic heterocycles. The van der Waals surface area contributed by atoms with Gasteiger partial charge in [0.15, 0.2) is 23.1 Å². The minimum absolute atomic E-state index is 0.113. The molecule has 0 radical (unpaired) electrons. The Balaban J connectivity index is 1.43. The fourth-order valence-corrected chi connectivity index (χ4v) is 4.80. The molecular formula is C32H32F2N4O5. The number of unbranched alkanes of at least 4 members (excludes halogenated alkanes) is 2. The molecule has 1 aliphatic carbocycles. The van der Waals surface area contributed by atoms with Gasteiger partial charge in [0.2, 0.25) is 11.8 Å². The Morgan fingerprint density at radius 3 is 2.30 bits per heavy atom. The summed E-state index contributed by atoms with van der Waals surface area (Å²) in [5, 5.41) is 0.568. The SMILES string of the molecule is COc1cc2c(Oc3ccc(N(C(=O)C4(C(N)=O)CC4)c4ccc(F)cc4)cc3F)ccnc2cc1OCCCCCN. The van der Waals surface area contributed by atoms with Crippen molar-refractivity contribution >= 4 is 34.1 Å². The van der Waals surface area contributed by atoms with Crippen LogP contribution in [-0.2, 0) is 9.59 Å². The second-order valence-corrected chi connectivity index (χ2v) is 10.3. The number of carbonyl (C=O) groups is 2. The molecule has 2 amide bonds. The number of halogens is 2. The van der Waals surface area contributed by atoms with Crippen LogP contribution in [-0.4, -0.2) is 37.1 Å². The maximum Gasteiger partial charge on any atom is 0.247 e. The highest BCUT2D eigenvalue weighted by Crippen LogP contribution is 2.49. The molecule has 0 spiro atoms. The Kier molecular flexibility index (Phi) is 8.72. The lowest BCUT2D eigenvalue weighted by atomic mass is 10.0. The standard InChI is InChI=1S/C32H32F2N4O5/c1-41-28-18-23-25(19-29(28)42-16-4-2-3-14-35)37-15-11-26(23)43-27-10-9-22(17-24(27)34)38(21-7-5-20(33)6-8-21)31(40)32(12-13-32)30(36)39/h5-11,15,17-19H,2-4,12-14,16,35H2,1H3,(H2,36,39). The van der Waals surface area contributed by atoms with Crippen molar-refractivity contribution in [1.29, 1.82) is 0 Å². The van der Waals surface area contributed by atoms with E-state index < -0.39 is 28.9 Å². The second-order valence-electron chi connectivity index (χ2n) is 10.3. The van der Waals surface area contributed by atoms with Gasteiger partial charge in [0.1, 0.15) is 17.0 Å². The summed E-state index contributed by atoms with van der Waals surface area (Å²) in [7, 11) is 1.52. The smallest absolute Gasteiger partial charge is 0.247 e. The van der Waals surface area contributed by atoms with E-state index in [0.717, 1.165) is 25.3 Å². The number of anilines is 2. The average Bonchev–Trinajstić information content (AvgIpc) is 3.82. The number of methoxy groups -OCH3 is 1. The first-order valence-electron chi connectivity index (χ1n) is 13.9. The number of aromatic nitrogens is 1. The molecule has 0 saturated heterocycles. The summed E-state index contributed by atoms with van der Waals surface area (Å²) < 4.78 is 46.6. The number of carbonyl (C=O) groups excluding carboxylic acids is 2. The third-order valence-electron chi connectivity index (χ3n) is 7.41. The van der Waals surface area contributed by atoms with Crippen LogP contribution in [0.3, 0.4) is 0 Å². The molecule has 11 heteroatoms. The quantitative estimate of drug-likeness (QED) is 0.150. The van der Waals surface area contributed by atoms with E-state index in [-0.39, 0.29) is 30.0 Å². The van der Waals surface area contributed by atoms with Crippen molar-refractivity contribution in [2.45, 2.75) is 32.1 Å². The number of nitrogens with zero attached hydrogens (tertiary/aromatic N) is 2. The van der Waals surface area contributed by atoms with Crippen LogP contribution in [0, 0.1) is 17.0 Å². The van der Waals surface area contributed by atoms with Gasteiger partial charge in [-0.15, -0.1) is 0 Å². The van der Waals surface area contributed by atoms with Crippen LogP contribution in [0.5, 0.6) is 23.0 Å². The monoisotopic (exact) mass is 590 g/mol. The number of pyridine rings is 1. The van der Waals surface area contributed by atoms with Gasteiger partial charge in [-0.25, -0.2) is 8.78 Å². The largest absolute Gasteiger partial charge is 0.493 e. The van der Waals surface area contributed by atoms with Crippen molar-refractivity contribution in [2.75, 3.05) is 25.2 Å². The lowest BCUT2D eigenvalue weighted by molar-refractivity contribution is -0.133. The van der Waals surface area contributed by atoms with Gasteiger partial charge in [0, 0.05) is 29.4 Å². The number of primary amides is 1. The molecule has 1 heterocycles. The predicted molar refractivity (Wildman–Crippen MR) is 158 cm³/mol. The van der Waals surface area contributed by atoms with Crippen LogP contribution >= 0.6 is 0 Å². The van der Waals surface area contributed by atoms with Gasteiger partial charge in [-0.1, -0.05) is 0 Å². The Labute approximate surface area is 247 Å². The van der Waals surface area contributed by atoms with Gasteiger partial charge < -0.3 is 25.7 Å². The fraction of sp³-hybridized carbons (Fsp3) is 0.281. The highest BCUT2D eigenvalue weighted by Gasteiger charge is 2.57. The Morgan fingerprint density at radius 1 is 0.907 bits per heavy atom. The van der Waals surface area contributed by atoms with Crippen LogP contribution in [0.25, 0.3) is 10.9 Å². The maximum atomic E-state index is 15.6. The van der Waals surface area contributed by atoms with Gasteiger partial charge >= 0.3 is 0 Å². The van der Waals surface area contributed by atoms with Crippen LogP contribution in [0.15, 0.2) is 66.9 Å². The molecule has 224 valence electrons. The summed E-state index contributed by atoms with van der Waals surface area (Å²) in [6, 6.07) is 14.1. The summed E-state index contributed by atoms with van der Waals surface area (Å²) in [5.74, 6) is -1.44. The predicted octanol–water partition coefficient (Wildman–Crippen LogP) is 5.75. The van der Waals surface area contributed by atoms with E-state index in [9.17, 15) is 14.0 Å². The van der Waals surface area contributed by atoms with E-state index in [1.807, 2.05) is 0 Å². The van der Waals surface area contributed by atoms with E-state index in [1.165, 1.54) is 54.6 Å². The summed E-state index contributed by atoms with van der Waals surface area (Å²) in [5.41, 5.74) is 10.7. The van der Waals surface area contributed by atoms with Crippen molar-refractivity contribution in [3.8, 4) is 23.0 Å². The molecule has 0 bridgehead atoms. The van der Waals surface area contributed by atoms with E-state index in [4.69, 9.17) is 25.7 Å². The number of benzene rings is 3. The lowest BCUT2D eigenvalue weighted by Gasteiger charge is -2.26. The number of ether oxygens (including phenoxy) is 3. The number of rotatable bonds is 13. The second kappa shape index (κ2) is 12.6. The molecule has 1 saturated carbocycles. The van der Waals surface area contributed by atoms with E-state index in [0.29, 0.717) is 41.3 Å². The minimum Gasteiger partial charge on any atom is -0.493 e. The van der Waals surface area contributed by atoms with Crippen LogP contribution < -0.4 is 30.6 Å². The zero-order valence-corrected chi connectivity index (χ0v) is 23.6. The molecule has 0 unspecified atom stereocenters. The van der Waals surface area contributed by atoms with Gasteiger partial charge in [0.05, 0.1) is 24.9 Å². The third kappa shape index (κ3) is 6.21. The fourth-order valence-electron chi connectivity index (χ4n) is 4.80. The molecule has 3 aromatic carbocycles. The molecule has 4 N–H and O–H groups in total. The van der Waals surface area contributed by atoms with Crippen molar-refractivity contribution in [1.82, 2.24) is 4.98 Å². The molecule has 5 rings (SSSR count). The molecule has 0 aliphatic heterocycles. The van der Waals surface area contributed by atoms with E-state index in [1.54, 1.807) is 18.2 Å². The number of hydrogen-bond acceptors (Lipinski definition) is 7. The topological polar surface area (TPSA) is 130 Å². The molecule has 1 fully saturated rings. The van der Waals surface area contributed by atoms with Crippen molar-refractivity contribution in [3.05, 3.63) is 78.5 Å². The third-order valence-corrected chi connectivity index (χ3v) is 7.41. The van der Waals surface area contributed by atoms with E-state index in [2.05, 4.69) is 4.98 Å². The van der Waals surface area contributed by atoms with Gasteiger partial charge in [-0.3, -0.25) is 19.5 Å². The zero-order valence-electron chi connectivity index (χ0n) is 23.6. The van der Waals surface area contributed by atoms with Crippen molar-refractivity contribution < 1.29 is 32.6 Å². The summed E-state index contributed by atoms with van der Waals surface area (Å²) in [6.45, 7) is 1.13. The number of nitrogens with two attached hydrogens (primary N) is 2. The molecule has 9 nitrogen and oxygen atoms in total. The van der Waals surface area contributed by atoms with Crippen LogP contribution in [0.4, 0.5) is 20.2 Å². The van der Waals surface area contributed by atoms with Crippen LogP contribution in [0.2, 0.25) is 0 Å². The van der Waals surface area contributed by atoms with Gasteiger partial charge in [0.25, 0.3) is 0 Å². The normalized spacial score (nSPS) is 13.4. The molecule has 43 heavy (non-hydrogen) atoms. The van der Waals surface area contributed by atoms with Gasteiger partial charge in [-0.2, -0.15) is 0 Å². The van der Waals surface area contributed by atoms with Crippen molar-refractivity contribution in [3.63, 3.8) is 0 Å².